The lowest BCUT2D eigenvalue weighted by molar-refractivity contribution is 0.112. The van der Waals surface area contributed by atoms with Gasteiger partial charge in [-0.25, -0.2) is 4.39 Å². The van der Waals surface area contributed by atoms with Crippen LogP contribution in [0.3, 0.4) is 0 Å². The molecule has 4 rings (SSSR count). The number of halogens is 3. The SMILES string of the molecule is CC(C(Cc1ccc(F)cc1)c1c(Cl)c(=O)[nH]n1C)N1CCC(CCOc2ccc(Cl)cc2)CC1. The van der Waals surface area contributed by atoms with Crippen molar-refractivity contribution >= 4 is 23.2 Å². The summed E-state index contributed by atoms with van der Waals surface area (Å²) in [5, 5.41) is 3.73. The molecule has 0 radical (unpaired) electrons. The van der Waals surface area contributed by atoms with Gasteiger partial charge in [-0.2, -0.15) is 0 Å². The van der Waals surface area contributed by atoms with Gasteiger partial charge in [-0.3, -0.25) is 19.5 Å². The van der Waals surface area contributed by atoms with E-state index in [1.54, 1.807) is 16.8 Å². The second-order valence-corrected chi connectivity index (χ2v) is 10.3. The van der Waals surface area contributed by atoms with Gasteiger partial charge >= 0.3 is 0 Å². The van der Waals surface area contributed by atoms with Crippen LogP contribution in [-0.2, 0) is 13.5 Å². The van der Waals surface area contributed by atoms with Crippen molar-refractivity contribution < 1.29 is 9.13 Å². The Kier molecular flexibility index (Phi) is 8.58. The molecule has 1 aliphatic heterocycles. The zero-order valence-electron chi connectivity index (χ0n) is 20.1. The Morgan fingerprint density at radius 1 is 1.09 bits per heavy atom. The van der Waals surface area contributed by atoms with Crippen LogP contribution in [-0.4, -0.2) is 40.4 Å². The topological polar surface area (TPSA) is 50.3 Å². The predicted molar refractivity (Wildman–Crippen MR) is 139 cm³/mol. The van der Waals surface area contributed by atoms with Crippen LogP contribution in [0.5, 0.6) is 5.75 Å². The summed E-state index contributed by atoms with van der Waals surface area (Å²) >= 11 is 12.4. The van der Waals surface area contributed by atoms with Crippen molar-refractivity contribution in [2.24, 2.45) is 13.0 Å². The van der Waals surface area contributed by atoms with E-state index in [-0.39, 0.29) is 28.4 Å². The lowest BCUT2D eigenvalue weighted by Gasteiger charge is -2.39. The molecule has 2 atom stereocenters. The lowest BCUT2D eigenvalue weighted by Crippen LogP contribution is -2.44. The zero-order valence-corrected chi connectivity index (χ0v) is 21.7. The van der Waals surface area contributed by atoms with Crippen molar-refractivity contribution in [3.05, 3.63) is 86.0 Å². The number of rotatable bonds is 9. The quantitative estimate of drug-likeness (QED) is 0.374. The Morgan fingerprint density at radius 3 is 2.34 bits per heavy atom. The number of aromatic amines is 1. The van der Waals surface area contributed by atoms with E-state index in [0.29, 0.717) is 24.0 Å². The molecule has 1 saturated heterocycles. The number of hydrogen-bond acceptors (Lipinski definition) is 3. The van der Waals surface area contributed by atoms with Gasteiger partial charge in [0.15, 0.2) is 0 Å². The molecule has 188 valence electrons. The zero-order chi connectivity index (χ0) is 24.9. The highest BCUT2D eigenvalue weighted by Gasteiger charge is 2.32. The fraction of sp³-hybridized carbons (Fsp3) is 0.444. The number of hydrogen-bond donors (Lipinski definition) is 1. The first kappa shape index (κ1) is 25.8. The van der Waals surface area contributed by atoms with Crippen molar-refractivity contribution in [2.45, 2.75) is 44.6 Å². The van der Waals surface area contributed by atoms with Gasteiger partial charge in [-0.15, -0.1) is 0 Å². The second-order valence-electron chi connectivity index (χ2n) is 9.45. The summed E-state index contributed by atoms with van der Waals surface area (Å²) in [6.45, 7) is 4.84. The van der Waals surface area contributed by atoms with Crippen LogP contribution in [0.4, 0.5) is 4.39 Å². The number of benzene rings is 2. The molecule has 0 saturated carbocycles. The minimum atomic E-state index is -0.278. The maximum absolute atomic E-state index is 13.5. The van der Waals surface area contributed by atoms with E-state index in [4.69, 9.17) is 27.9 Å². The van der Waals surface area contributed by atoms with Crippen LogP contribution in [0.15, 0.2) is 53.3 Å². The predicted octanol–water partition coefficient (Wildman–Crippen LogP) is 6.06. The Bertz CT molecular complexity index is 1150. The molecule has 1 N–H and O–H groups in total. The first-order chi connectivity index (χ1) is 16.8. The Hall–Kier alpha value is -2.28. The van der Waals surface area contributed by atoms with Crippen molar-refractivity contribution in [1.29, 1.82) is 0 Å². The van der Waals surface area contributed by atoms with Gasteiger partial charge in [0.25, 0.3) is 5.56 Å². The number of nitrogens with zero attached hydrogens (tertiary/aromatic N) is 2. The second kappa shape index (κ2) is 11.6. The molecule has 2 unspecified atom stereocenters. The summed E-state index contributed by atoms with van der Waals surface area (Å²) in [6, 6.07) is 14.2. The lowest BCUT2D eigenvalue weighted by atomic mass is 9.86. The Labute approximate surface area is 215 Å². The maximum atomic E-state index is 13.5. The van der Waals surface area contributed by atoms with Crippen LogP contribution in [0.2, 0.25) is 10.0 Å². The average molecular weight is 520 g/mol. The molecular formula is C27H32Cl2FN3O2. The van der Waals surface area contributed by atoms with Gasteiger partial charge in [0.2, 0.25) is 0 Å². The van der Waals surface area contributed by atoms with Gasteiger partial charge in [-0.1, -0.05) is 35.3 Å². The molecule has 0 bridgehead atoms. The van der Waals surface area contributed by atoms with Crippen molar-refractivity contribution in [1.82, 2.24) is 14.7 Å². The minimum absolute atomic E-state index is 0.0123. The number of aromatic nitrogens is 2. The molecule has 8 heteroatoms. The smallest absolute Gasteiger partial charge is 0.283 e. The molecular weight excluding hydrogens is 488 g/mol. The molecule has 1 fully saturated rings. The van der Waals surface area contributed by atoms with Gasteiger partial charge < -0.3 is 4.74 Å². The summed E-state index contributed by atoms with van der Waals surface area (Å²) in [5.41, 5.74) is 1.54. The van der Waals surface area contributed by atoms with Crippen molar-refractivity contribution in [2.75, 3.05) is 19.7 Å². The standard InChI is InChI=1S/C27H32Cl2FN3O2/c1-18(33-14-11-19(12-15-33)13-16-35-23-9-5-21(28)6-10-23)24(17-20-3-7-22(30)8-4-20)26-25(29)27(34)31-32(26)2/h3-10,18-19,24H,11-17H2,1-2H3,(H,31,34). The first-order valence-electron chi connectivity index (χ1n) is 12.1. The summed E-state index contributed by atoms with van der Waals surface area (Å²) < 4.78 is 21.1. The number of piperidine rings is 1. The van der Waals surface area contributed by atoms with Crippen LogP contribution in [0.1, 0.15) is 43.4 Å². The molecule has 0 spiro atoms. The Morgan fingerprint density at radius 2 is 1.74 bits per heavy atom. The van der Waals surface area contributed by atoms with E-state index in [1.165, 1.54) is 12.1 Å². The van der Waals surface area contributed by atoms with Crippen LogP contribution >= 0.6 is 23.2 Å². The maximum Gasteiger partial charge on any atom is 0.283 e. The van der Waals surface area contributed by atoms with E-state index >= 15 is 0 Å². The molecule has 3 aromatic rings. The summed E-state index contributed by atoms with van der Waals surface area (Å²) in [7, 11) is 1.82. The summed E-state index contributed by atoms with van der Waals surface area (Å²) in [6.07, 6.45) is 3.87. The molecule has 0 amide bonds. The van der Waals surface area contributed by atoms with E-state index in [0.717, 1.165) is 49.4 Å². The number of nitrogens with one attached hydrogen (secondary N) is 1. The molecule has 2 aromatic carbocycles. The Balaban J connectivity index is 1.39. The number of likely N-dealkylation sites (tertiary alicyclic amines) is 1. The van der Waals surface area contributed by atoms with Crippen LogP contribution in [0, 0.1) is 11.7 Å². The van der Waals surface area contributed by atoms with Gasteiger partial charge in [-0.05, 0) is 93.6 Å². The highest BCUT2D eigenvalue weighted by atomic mass is 35.5. The third kappa shape index (κ3) is 6.49. The van der Waals surface area contributed by atoms with Crippen molar-refractivity contribution in [3.8, 4) is 5.75 Å². The minimum Gasteiger partial charge on any atom is -0.494 e. The third-order valence-corrected chi connectivity index (χ3v) is 7.81. The van der Waals surface area contributed by atoms with E-state index in [2.05, 4.69) is 16.9 Å². The summed E-state index contributed by atoms with van der Waals surface area (Å²) in [5.74, 6) is 1.19. The van der Waals surface area contributed by atoms with Crippen molar-refractivity contribution in [3.63, 3.8) is 0 Å². The molecule has 2 heterocycles. The number of ether oxygens (including phenoxy) is 1. The largest absolute Gasteiger partial charge is 0.494 e. The van der Waals surface area contributed by atoms with E-state index < -0.39 is 0 Å². The molecule has 5 nitrogen and oxygen atoms in total. The number of H-pyrrole nitrogens is 1. The van der Waals surface area contributed by atoms with Gasteiger partial charge in [0.05, 0.1) is 12.3 Å². The average Bonchev–Trinajstić information content (AvgIpc) is 3.11. The van der Waals surface area contributed by atoms with Crippen LogP contribution < -0.4 is 10.3 Å². The summed E-state index contributed by atoms with van der Waals surface area (Å²) in [4.78, 5) is 14.7. The molecule has 1 aromatic heterocycles. The highest BCUT2D eigenvalue weighted by molar-refractivity contribution is 6.31. The number of aryl methyl sites for hydroxylation is 1. The van der Waals surface area contributed by atoms with E-state index in [1.807, 2.05) is 31.3 Å². The van der Waals surface area contributed by atoms with Gasteiger partial charge in [0, 0.05) is 24.0 Å². The fourth-order valence-corrected chi connectivity index (χ4v) is 5.52. The molecule has 35 heavy (non-hydrogen) atoms. The van der Waals surface area contributed by atoms with Crippen LogP contribution in [0.25, 0.3) is 0 Å². The molecule has 0 aliphatic carbocycles. The normalized spacial score (nSPS) is 16.8. The van der Waals surface area contributed by atoms with Gasteiger partial charge in [0.1, 0.15) is 16.6 Å². The monoisotopic (exact) mass is 519 g/mol. The fourth-order valence-electron chi connectivity index (χ4n) is 5.08. The van der Waals surface area contributed by atoms with E-state index in [9.17, 15) is 9.18 Å². The first-order valence-corrected chi connectivity index (χ1v) is 12.9. The third-order valence-electron chi connectivity index (χ3n) is 7.19. The highest BCUT2D eigenvalue weighted by Crippen LogP contribution is 2.33. The molecule has 1 aliphatic rings.